The zero-order valence-electron chi connectivity index (χ0n) is 11.4. The maximum absolute atomic E-state index is 12.6. The quantitative estimate of drug-likeness (QED) is 0.747. The summed E-state index contributed by atoms with van der Waals surface area (Å²) < 4.78 is 11.7. The van der Waals surface area contributed by atoms with Crippen LogP contribution in [0.1, 0.15) is 10.4 Å². The summed E-state index contributed by atoms with van der Waals surface area (Å²) in [6.45, 7) is 3.21. The van der Waals surface area contributed by atoms with Gasteiger partial charge >= 0.3 is 0 Å². The highest BCUT2D eigenvalue weighted by Gasteiger charge is 2.25. The Kier molecular flexibility index (Phi) is 4.01. The first-order valence-corrected chi connectivity index (χ1v) is 7.56. The van der Waals surface area contributed by atoms with Crippen molar-refractivity contribution in [1.29, 1.82) is 0 Å². The second-order valence-corrected chi connectivity index (χ2v) is 5.76. The van der Waals surface area contributed by atoms with Gasteiger partial charge in [-0.3, -0.25) is 9.59 Å². The summed E-state index contributed by atoms with van der Waals surface area (Å²) in [4.78, 5) is 26.7. The van der Waals surface area contributed by atoms with Gasteiger partial charge in [-0.25, -0.2) is 0 Å². The van der Waals surface area contributed by atoms with Crippen LogP contribution in [0.3, 0.4) is 0 Å². The van der Waals surface area contributed by atoms with Crippen LogP contribution in [0.2, 0.25) is 0 Å². The Morgan fingerprint density at radius 2 is 1.71 bits per heavy atom. The minimum absolute atomic E-state index is 0.0654. The lowest BCUT2D eigenvalue weighted by Crippen LogP contribution is -2.48. The van der Waals surface area contributed by atoms with Gasteiger partial charge in [-0.2, -0.15) is 0 Å². The number of piperazine rings is 1. The summed E-state index contributed by atoms with van der Waals surface area (Å²) >= 11 is 3.42. The van der Waals surface area contributed by atoms with Crippen molar-refractivity contribution in [2.75, 3.05) is 39.4 Å². The third kappa shape index (κ3) is 2.83. The number of carbonyl (C=O) groups excluding carboxylic acids is 2. The second kappa shape index (κ2) is 5.93. The summed E-state index contributed by atoms with van der Waals surface area (Å²) in [7, 11) is 0. The molecule has 0 N–H and O–H groups in total. The Balaban J connectivity index is 1.80. The molecule has 0 unspecified atom stereocenters. The van der Waals surface area contributed by atoms with E-state index < -0.39 is 0 Å². The molecular weight excluding hydrogens is 340 g/mol. The molecule has 2 heterocycles. The highest BCUT2D eigenvalue weighted by atomic mass is 79.9. The Labute approximate surface area is 130 Å². The number of amides is 2. The summed E-state index contributed by atoms with van der Waals surface area (Å²) in [5.74, 6) is 1.18. The van der Waals surface area contributed by atoms with Gasteiger partial charge in [-0.05, 0) is 28.1 Å². The van der Waals surface area contributed by atoms with Crippen LogP contribution >= 0.6 is 15.9 Å². The molecule has 1 aromatic rings. The summed E-state index contributed by atoms with van der Waals surface area (Å²) in [5.41, 5.74) is 0.554. The molecule has 0 aromatic heterocycles. The van der Waals surface area contributed by atoms with Crippen molar-refractivity contribution in [3.05, 3.63) is 22.2 Å². The molecule has 2 aliphatic heterocycles. The molecule has 0 spiro atoms. The molecule has 0 atom stereocenters. The van der Waals surface area contributed by atoms with Crippen molar-refractivity contribution in [3.8, 4) is 11.5 Å². The van der Waals surface area contributed by atoms with Crippen molar-refractivity contribution in [2.24, 2.45) is 0 Å². The van der Waals surface area contributed by atoms with Crippen molar-refractivity contribution >= 4 is 28.2 Å². The number of nitrogens with zero attached hydrogens (tertiary/aromatic N) is 2. The van der Waals surface area contributed by atoms with Gasteiger partial charge in [0, 0.05) is 30.7 Å². The maximum Gasteiger partial charge on any atom is 0.255 e. The average molecular weight is 355 g/mol. The Morgan fingerprint density at radius 3 is 2.33 bits per heavy atom. The van der Waals surface area contributed by atoms with Crippen molar-refractivity contribution in [3.63, 3.8) is 0 Å². The molecule has 2 amide bonds. The summed E-state index contributed by atoms with van der Waals surface area (Å²) in [5, 5.41) is 0. The van der Waals surface area contributed by atoms with E-state index in [0.717, 1.165) is 6.41 Å². The standard InChI is InChI=1S/C14H15BrN2O4/c15-11-8-13-12(20-5-6-21-13)7-10(11)14(19)17-3-1-16(9-18)2-4-17/h7-9H,1-6H2. The molecule has 0 bridgehead atoms. The molecule has 21 heavy (non-hydrogen) atoms. The van der Waals surface area contributed by atoms with Crippen LogP contribution in [-0.4, -0.2) is 61.5 Å². The SMILES string of the molecule is O=CN1CCN(C(=O)c2cc3c(cc2Br)OCCO3)CC1. The molecule has 0 aliphatic carbocycles. The van der Waals surface area contributed by atoms with E-state index in [0.29, 0.717) is 60.9 Å². The molecule has 0 radical (unpaired) electrons. The third-order valence-corrected chi connectivity index (χ3v) is 4.27. The number of halogens is 1. The predicted molar refractivity (Wildman–Crippen MR) is 78.7 cm³/mol. The second-order valence-electron chi connectivity index (χ2n) is 4.91. The molecule has 6 nitrogen and oxygen atoms in total. The number of hydrogen-bond acceptors (Lipinski definition) is 4. The first-order valence-electron chi connectivity index (χ1n) is 6.77. The number of hydrogen-bond donors (Lipinski definition) is 0. The Morgan fingerprint density at radius 1 is 1.10 bits per heavy atom. The zero-order chi connectivity index (χ0) is 14.8. The van der Waals surface area contributed by atoms with E-state index in [4.69, 9.17) is 9.47 Å². The summed E-state index contributed by atoms with van der Waals surface area (Å²) in [6, 6.07) is 3.48. The normalized spacial score (nSPS) is 17.6. The minimum atomic E-state index is -0.0654. The van der Waals surface area contributed by atoms with Gasteiger partial charge in [0.05, 0.1) is 5.56 Å². The lowest BCUT2D eigenvalue weighted by atomic mass is 10.1. The molecule has 112 valence electrons. The number of fused-ring (bicyclic) bond motifs is 1. The highest BCUT2D eigenvalue weighted by Crippen LogP contribution is 2.36. The van der Waals surface area contributed by atoms with Gasteiger partial charge in [0.1, 0.15) is 13.2 Å². The van der Waals surface area contributed by atoms with Crippen molar-refractivity contribution in [1.82, 2.24) is 9.80 Å². The van der Waals surface area contributed by atoms with E-state index in [1.165, 1.54) is 0 Å². The van der Waals surface area contributed by atoms with E-state index in [2.05, 4.69) is 15.9 Å². The molecule has 2 aliphatic rings. The van der Waals surface area contributed by atoms with E-state index in [1.807, 2.05) is 0 Å². The van der Waals surface area contributed by atoms with Crippen LogP contribution in [0.5, 0.6) is 11.5 Å². The van der Waals surface area contributed by atoms with E-state index in [9.17, 15) is 9.59 Å². The first-order chi connectivity index (χ1) is 10.2. The van der Waals surface area contributed by atoms with Gasteiger partial charge < -0.3 is 19.3 Å². The van der Waals surface area contributed by atoms with Gasteiger partial charge in [-0.15, -0.1) is 0 Å². The average Bonchev–Trinajstić information content (AvgIpc) is 2.53. The molecule has 7 heteroatoms. The number of ether oxygens (including phenoxy) is 2. The Bertz CT molecular complexity index is 570. The molecule has 3 rings (SSSR count). The molecule has 0 saturated carbocycles. The number of carbonyl (C=O) groups is 2. The minimum Gasteiger partial charge on any atom is -0.486 e. The fourth-order valence-corrected chi connectivity index (χ4v) is 2.92. The van der Waals surface area contributed by atoms with Gasteiger partial charge in [0.2, 0.25) is 6.41 Å². The number of rotatable bonds is 2. The smallest absolute Gasteiger partial charge is 0.255 e. The first kappa shape index (κ1) is 14.2. The van der Waals surface area contributed by atoms with Crippen LogP contribution in [0.4, 0.5) is 0 Å². The van der Waals surface area contributed by atoms with Crippen LogP contribution in [0.15, 0.2) is 16.6 Å². The van der Waals surface area contributed by atoms with Crippen LogP contribution in [0, 0.1) is 0 Å². The van der Waals surface area contributed by atoms with Gasteiger partial charge in [-0.1, -0.05) is 0 Å². The Hall–Kier alpha value is -1.76. The maximum atomic E-state index is 12.6. The van der Waals surface area contributed by atoms with E-state index in [-0.39, 0.29) is 5.91 Å². The highest BCUT2D eigenvalue weighted by molar-refractivity contribution is 9.10. The molecule has 1 saturated heterocycles. The molecular formula is C14H15BrN2O4. The van der Waals surface area contributed by atoms with Crippen molar-refractivity contribution < 1.29 is 19.1 Å². The molecule has 1 fully saturated rings. The lowest BCUT2D eigenvalue weighted by Gasteiger charge is -2.33. The van der Waals surface area contributed by atoms with E-state index in [1.54, 1.807) is 21.9 Å². The van der Waals surface area contributed by atoms with Crippen LogP contribution in [-0.2, 0) is 4.79 Å². The molecule has 1 aromatic carbocycles. The van der Waals surface area contributed by atoms with Crippen molar-refractivity contribution in [2.45, 2.75) is 0 Å². The topological polar surface area (TPSA) is 59.1 Å². The zero-order valence-corrected chi connectivity index (χ0v) is 13.0. The van der Waals surface area contributed by atoms with Crippen LogP contribution < -0.4 is 9.47 Å². The third-order valence-electron chi connectivity index (χ3n) is 3.61. The fourth-order valence-electron chi connectivity index (χ4n) is 2.43. The van der Waals surface area contributed by atoms with E-state index >= 15 is 0 Å². The lowest BCUT2D eigenvalue weighted by molar-refractivity contribution is -0.119. The van der Waals surface area contributed by atoms with Crippen LogP contribution in [0.25, 0.3) is 0 Å². The fraction of sp³-hybridized carbons (Fsp3) is 0.429. The largest absolute Gasteiger partial charge is 0.486 e. The van der Waals surface area contributed by atoms with Gasteiger partial charge in [0.15, 0.2) is 11.5 Å². The van der Waals surface area contributed by atoms with Gasteiger partial charge in [0.25, 0.3) is 5.91 Å². The number of benzene rings is 1. The summed E-state index contributed by atoms with van der Waals surface area (Å²) in [6.07, 6.45) is 0.821. The monoisotopic (exact) mass is 354 g/mol. The predicted octanol–water partition coefficient (Wildman–Crippen LogP) is 1.13.